The van der Waals surface area contributed by atoms with E-state index >= 15 is 0 Å². The van der Waals surface area contributed by atoms with E-state index in [1.165, 1.54) is 4.88 Å². The number of rotatable bonds is 6. The molecule has 0 amide bonds. The molecular weight excluding hydrogens is 352 g/mol. The fourth-order valence-electron chi connectivity index (χ4n) is 2.04. The minimum atomic E-state index is 0.616. The summed E-state index contributed by atoms with van der Waals surface area (Å²) in [6.45, 7) is 4.90. The number of benzene rings is 1. The fraction of sp³-hybridized carbons (Fsp3) is 0.312. The second-order valence-corrected chi connectivity index (χ2v) is 7.90. The molecule has 2 nitrogen and oxygen atoms in total. The van der Waals surface area contributed by atoms with E-state index < -0.39 is 0 Å². The Labute approximate surface area is 150 Å². The van der Waals surface area contributed by atoms with Crippen LogP contribution < -0.4 is 10.6 Å². The smallest absolute Gasteiger partial charge is 0.170 e. The topological polar surface area (TPSA) is 24.1 Å². The van der Waals surface area contributed by atoms with Crippen LogP contribution >= 0.6 is 46.9 Å². The first-order valence-corrected chi connectivity index (χ1v) is 9.80. The van der Waals surface area contributed by atoms with Gasteiger partial charge in [0, 0.05) is 22.9 Å². The van der Waals surface area contributed by atoms with Gasteiger partial charge in [-0.3, -0.25) is 0 Å². The Morgan fingerprint density at radius 1 is 1.36 bits per heavy atom. The van der Waals surface area contributed by atoms with Crippen molar-refractivity contribution < 1.29 is 0 Å². The largest absolute Gasteiger partial charge is 0.362 e. The molecular formula is C16H19ClN2S3. The third-order valence-electron chi connectivity index (χ3n) is 3.03. The van der Waals surface area contributed by atoms with E-state index in [9.17, 15) is 0 Å². The van der Waals surface area contributed by atoms with Gasteiger partial charge < -0.3 is 10.6 Å². The SMILES string of the molecule is Cc1cc(C)c(NC(=S)NCCSCc2cccs2)c(Cl)c1. The maximum absolute atomic E-state index is 6.27. The lowest BCUT2D eigenvalue weighted by Gasteiger charge is -2.14. The number of hydrogen-bond donors (Lipinski definition) is 2. The van der Waals surface area contributed by atoms with Crippen LogP contribution in [-0.4, -0.2) is 17.4 Å². The van der Waals surface area contributed by atoms with Crippen molar-refractivity contribution in [1.29, 1.82) is 0 Å². The molecule has 0 spiro atoms. The standard InChI is InChI=1S/C16H19ClN2S3/c1-11-8-12(2)15(14(17)9-11)19-16(20)18-5-7-21-10-13-4-3-6-22-13/h3-4,6,8-9H,5,7,10H2,1-2H3,(H2,18,19,20). The molecule has 2 aromatic rings. The van der Waals surface area contributed by atoms with E-state index in [2.05, 4.69) is 34.2 Å². The molecule has 1 aromatic carbocycles. The first-order valence-electron chi connectivity index (χ1n) is 6.98. The molecule has 0 atom stereocenters. The van der Waals surface area contributed by atoms with Crippen molar-refractivity contribution in [1.82, 2.24) is 5.32 Å². The number of aryl methyl sites for hydroxylation is 2. The Balaban J connectivity index is 1.72. The number of thiophene rings is 1. The Bertz CT molecular complexity index is 603. The number of anilines is 1. The number of halogens is 1. The molecule has 118 valence electrons. The van der Waals surface area contributed by atoms with Crippen molar-refractivity contribution in [3.05, 3.63) is 50.7 Å². The predicted molar refractivity (Wildman–Crippen MR) is 106 cm³/mol. The van der Waals surface area contributed by atoms with E-state index in [1.807, 2.05) is 31.7 Å². The highest BCUT2D eigenvalue weighted by Crippen LogP contribution is 2.27. The predicted octanol–water partition coefficient (Wildman–Crippen LogP) is 5.24. The van der Waals surface area contributed by atoms with E-state index in [-0.39, 0.29) is 0 Å². The summed E-state index contributed by atoms with van der Waals surface area (Å²) in [5.41, 5.74) is 3.13. The zero-order valence-corrected chi connectivity index (χ0v) is 15.8. The Hall–Kier alpha value is -0.750. The number of hydrogen-bond acceptors (Lipinski definition) is 3. The van der Waals surface area contributed by atoms with E-state index in [0.717, 1.165) is 34.9 Å². The summed E-state index contributed by atoms with van der Waals surface area (Å²) in [7, 11) is 0. The van der Waals surface area contributed by atoms with Crippen LogP contribution in [0.2, 0.25) is 5.02 Å². The molecule has 0 fully saturated rings. The highest BCUT2D eigenvalue weighted by atomic mass is 35.5. The molecule has 0 saturated carbocycles. The van der Waals surface area contributed by atoms with Gasteiger partial charge in [-0.05, 0) is 54.7 Å². The van der Waals surface area contributed by atoms with Gasteiger partial charge in [0.2, 0.25) is 0 Å². The van der Waals surface area contributed by atoms with Crippen LogP contribution in [0.5, 0.6) is 0 Å². The minimum absolute atomic E-state index is 0.616. The molecule has 0 aliphatic rings. The first kappa shape index (κ1) is 17.6. The van der Waals surface area contributed by atoms with Crippen LogP contribution in [0.4, 0.5) is 5.69 Å². The molecule has 0 aliphatic carbocycles. The summed E-state index contributed by atoms with van der Waals surface area (Å²) in [6, 6.07) is 8.29. The summed E-state index contributed by atoms with van der Waals surface area (Å²) < 4.78 is 0. The van der Waals surface area contributed by atoms with Gasteiger partial charge in [-0.25, -0.2) is 0 Å². The summed E-state index contributed by atoms with van der Waals surface area (Å²) in [4.78, 5) is 1.41. The quantitative estimate of drug-likeness (QED) is 0.536. The average Bonchev–Trinajstić information content (AvgIpc) is 2.95. The van der Waals surface area contributed by atoms with Crippen molar-refractivity contribution in [3.8, 4) is 0 Å². The molecule has 22 heavy (non-hydrogen) atoms. The van der Waals surface area contributed by atoms with Gasteiger partial charge in [0.15, 0.2) is 5.11 Å². The van der Waals surface area contributed by atoms with Crippen LogP contribution in [0.3, 0.4) is 0 Å². The fourth-order valence-corrected chi connectivity index (χ4v) is 4.31. The lowest BCUT2D eigenvalue weighted by Crippen LogP contribution is -2.30. The van der Waals surface area contributed by atoms with Gasteiger partial charge in [-0.1, -0.05) is 23.7 Å². The summed E-state index contributed by atoms with van der Waals surface area (Å²) in [5.74, 6) is 2.07. The zero-order chi connectivity index (χ0) is 15.9. The van der Waals surface area contributed by atoms with Crippen molar-refractivity contribution in [3.63, 3.8) is 0 Å². The van der Waals surface area contributed by atoms with E-state index in [1.54, 1.807) is 11.3 Å². The highest BCUT2D eigenvalue weighted by molar-refractivity contribution is 7.98. The maximum atomic E-state index is 6.27. The lowest BCUT2D eigenvalue weighted by atomic mass is 10.1. The number of nitrogens with one attached hydrogen (secondary N) is 2. The number of thiocarbonyl (C=S) groups is 1. The van der Waals surface area contributed by atoms with Gasteiger partial charge in [0.25, 0.3) is 0 Å². The Morgan fingerprint density at radius 3 is 2.86 bits per heavy atom. The monoisotopic (exact) mass is 370 g/mol. The highest BCUT2D eigenvalue weighted by Gasteiger charge is 2.07. The molecule has 0 aliphatic heterocycles. The van der Waals surface area contributed by atoms with Gasteiger partial charge in [-0.2, -0.15) is 11.8 Å². The average molecular weight is 371 g/mol. The maximum Gasteiger partial charge on any atom is 0.170 e. The van der Waals surface area contributed by atoms with Gasteiger partial charge in [0.05, 0.1) is 10.7 Å². The van der Waals surface area contributed by atoms with Crippen LogP contribution in [-0.2, 0) is 5.75 Å². The molecule has 2 rings (SSSR count). The molecule has 0 radical (unpaired) electrons. The van der Waals surface area contributed by atoms with Crippen LogP contribution in [0.15, 0.2) is 29.6 Å². The Kier molecular flexibility index (Phi) is 7.02. The number of thioether (sulfide) groups is 1. The van der Waals surface area contributed by atoms with Gasteiger partial charge in [0.1, 0.15) is 0 Å². The summed E-state index contributed by atoms with van der Waals surface area (Å²) >= 11 is 15.3. The Morgan fingerprint density at radius 2 is 2.18 bits per heavy atom. The first-order chi connectivity index (χ1) is 10.6. The second-order valence-electron chi connectivity index (χ2n) is 4.95. The van der Waals surface area contributed by atoms with Gasteiger partial charge in [-0.15, -0.1) is 11.3 Å². The second kappa shape index (κ2) is 8.77. The van der Waals surface area contributed by atoms with Crippen LogP contribution in [0.25, 0.3) is 0 Å². The summed E-state index contributed by atoms with van der Waals surface area (Å²) in [5, 5.41) is 9.85. The van der Waals surface area contributed by atoms with E-state index in [4.69, 9.17) is 23.8 Å². The molecule has 0 bridgehead atoms. The molecule has 0 unspecified atom stereocenters. The summed E-state index contributed by atoms with van der Waals surface area (Å²) in [6.07, 6.45) is 0. The van der Waals surface area contributed by atoms with Crippen LogP contribution in [0, 0.1) is 13.8 Å². The molecule has 0 saturated heterocycles. The zero-order valence-electron chi connectivity index (χ0n) is 12.6. The minimum Gasteiger partial charge on any atom is -0.362 e. The van der Waals surface area contributed by atoms with Gasteiger partial charge >= 0.3 is 0 Å². The third-order valence-corrected chi connectivity index (χ3v) is 5.64. The molecule has 2 N–H and O–H groups in total. The van der Waals surface area contributed by atoms with Crippen LogP contribution in [0.1, 0.15) is 16.0 Å². The third kappa shape index (κ3) is 5.47. The molecule has 6 heteroatoms. The normalized spacial score (nSPS) is 10.5. The lowest BCUT2D eigenvalue weighted by molar-refractivity contribution is 0.989. The molecule has 1 heterocycles. The van der Waals surface area contributed by atoms with Crippen molar-refractivity contribution in [2.75, 3.05) is 17.6 Å². The molecule has 1 aromatic heterocycles. The van der Waals surface area contributed by atoms with Crippen molar-refractivity contribution in [2.24, 2.45) is 0 Å². The van der Waals surface area contributed by atoms with E-state index in [0.29, 0.717) is 10.1 Å². The van der Waals surface area contributed by atoms with Crippen molar-refractivity contribution >= 4 is 57.7 Å². The van der Waals surface area contributed by atoms with Crippen molar-refractivity contribution in [2.45, 2.75) is 19.6 Å².